The van der Waals surface area contributed by atoms with Crippen molar-refractivity contribution in [3.05, 3.63) is 84.8 Å². The van der Waals surface area contributed by atoms with Crippen molar-refractivity contribution in [1.82, 2.24) is 9.97 Å². The van der Waals surface area contributed by atoms with Gasteiger partial charge in [-0.05, 0) is 35.4 Å². The predicted molar refractivity (Wildman–Crippen MR) is 83.0 cm³/mol. The molecule has 2 aromatic heterocycles. The number of aromatic nitrogens is 2. The van der Waals surface area contributed by atoms with Gasteiger partial charge in [-0.25, -0.2) is 0 Å². The van der Waals surface area contributed by atoms with E-state index in [4.69, 9.17) is 0 Å². The van der Waals surface area contributed by atoms with Crippen LogP contribution >= 0.6 is 0 Å². The van der Waals surface area contributed by atoms with Gasteiger partial charge in [0.05, 0.1) is 11.4 Å². The van der Waals surface area contributed by atoms with Crippen LogP contribution in [0.4, 0.5) is 0 Å². The van der Waals surface area contributed by atoms with E-state index in [1.54, 1.807) is 18.6 Å². The van der Waals surface area contributed by atoms with Gasteiger partial charge in [0.15, 0.2) is 5.78 Å². The first-order valence-corrected chi connectivity index (χ1v) is 6.71. The number of benzene rings is 1. The summed E-state index contributed by atoms with van der Waals surface area (Å²) in [5.74, 6) is -0.441. The molecule has 3 rings (SSSR count). The number of carbonyl (C=O) groups excluding carboxylic acids is 1. The Labute approximate surface area is 123 Å². The average Bonchev–Trinajstić information content (AvgIpc) is 2.56. The van der Waals surface area contributed by atoms with Gasteiger partial charge in [0.1, 0.15) is 0 Å². The topological polar surface area (TPSA) is 42.9 Å². The van der Waals surface area contributed by atoms with Crippen LogP contribution in [0.1, 0.15) is 17.0 Å². The Kier molecular flexibility index (Phi) is 3.56. The summed E-state index contributed by atoms with van der Waals surface area (Å²) >= 11 is 0. The van der Waals surface area contributed by atoms with Gasteiger partial charge in [0, 0.05) is 24.0 Å². The van der Waals surface area contributed by atoms with E-state index in [0.29, 0.717) is 0 Å². The quantitative estimate of drug-likeness (QED) is 0.684. The molecule has 0 saturated heterocycles. The van der Waals surface area contributed by atoms with Gasteiger partial charge in [0.25, 0.3) is 0 Å². The SMILES string of the molecule is C=CC(=O)C(c1cccnc1)c1ccnc2ccccc12. The molecule has 0 radical (unpaired) electrons. The normalized spacial score (nSPS) is 12.0. The molecule has 3 nitrogen and oxygen atoms in total. The van der Waals surface area contributed by atoms with Crippen molar-refractivity contribution in [3.63, 3.8) is 0 Å². The summed E-state index contributed by atoms with van der Waals surface area (Å²) in [7, 11) is 0. The van der Waals surface area contributed by atoms with Crippen LogP contribution in [0.25, 0.3) is 10.9 Å². The summed E-state index contributed by atoms with van der Waals surface area (Å²) in [6, 6.07) is 13.5. The number of pyridine rings is 2. The fourth-order valence-corrected chi connectivity index (χ4v) is 2.53. The lowest BCUT2D eigenvalue weighted by Crippen LogP contribution is -2.12. The van der Waals surface area contributed by atoms with Gasteiger partial charge in [-0.1, -0.05) is 30.8 Å². The zero-order chi connectivity index (χ0) is 14.7. The number of ketones is 1. The molecule has 0 aliphatic rings. The standard InChI is InChI=1S/C18H14N2O/c1-2-17(21)18(13-6-5-10-19-12-13)15-9-11-20-16-8-4-3-7-14(15)16/h2-12,18H,1H2. The molecule has 0 aliphatic heterocycles. The molecule has 0 bridgehead atoms. The number of nitrogens with zero attached hydrogens (tertiary/aromatic N) is 2. The fourth-order valence-electron chi connectivity index (χ4n) is 2.53. The van der Waals surface area contributed by atoms with Crippen molar-refractivity contribution in [2.75, 3.05) is 0 Å². The molecular formula is C18H14N2O. The van der Waals surface area contributed by atoms with E-state index < -0.39 is 5.92 Å². The lowest BCUT2D eigenvalue weighted by molar-refractivity contribution is -0.115. The molecule has 0 spiro atoms. The number of rotatable bonds is 4. The van der Waals surface area contributed by atoms with Crippen molar-refractivity contribution in [1.29, 1.82) is 0 Å². The highest BCUT2D eigenvalue weighted by Gasteiger charge is 2.22. The minimum atomic E-state index is -0.399. The van der Waals surface area contributed by atoms with Crippen LogP contribution < -0.4 is 0 Å². The molecule has 2 heterocycles. The van der Waals surface area contributed by atoms with Crippen LogP contribution in [-0.2, 0) is 4.79 Å². The van der Waals surface area contributed by atoms with E-state index in [0.717, 1.165) is 22.0 Å². The van der Waals surface area contributed by atoms with E-state index in [2.05, 4.69) is 16.5 Å². The zero-order valence-electron chi connectivity index (χ0n) is 11.4. The Balaban J connectivity index is 2.25. The highest BCUT2D eigenvalue weighted by atomic mass is 16.1. The third-order valence-corrected chi connectivity index (χ3v) is 3.50. The molecule has 3 heteroatoms. The number of carbonyl (C=O) groups is 1. The Morgan fingerprint density at radius 1 is 1.10 bits per heavy atom. The van der Waals surface area contributed by atoms with E-state index in [-0.39, 0.29) is 5.78 Å². The number of hydrogen-bond acceptors (Lipinski definition) is 3. The molecule has 0 N–H and O–H groups in total. The van der Waals surface area contributed by atoms with Crippen LogP contribution in [0, 0.1) is 0 Å². The molecule has 0 aliphatic carbocycles. The second-order valence-electron chi connectivity index (χ2n) is 4.74. The van der Waals surface area contributed by atoms with E-state index in [9.17, 15) is 4.79 Å². The number of allylic oxidation sites excluding steroid dienone is 1. The molecular weight excluding hydrogens is 260 g/mol. The van der Waals surface area contributed by atoms with Crippen molar-refractivity contribution < 1.29 is 4.79 Å². The lowest BCUT2D eigenvalue weighted by atomic mass is 9.87. The number of fused-ring (bicyclic) bond motifs is 1. The van der Waals surface area contributed by atoms with Crippen LogP contribution in [-0.4, -0.2) is 15.8 Å². The van der Waals surface area contributed by atoms with Gasteiger partial charge >= 0.3 is 0 Å². The minimum absolute atomic E-state index is 0.0423. The summed E-state index contributed by atoms with van der Waals surface area (Å²) in [5, 5.41) is 0.976. The third kappa shape index (κ3) is 2.46. The number of hydrogen-bond donors (Lipinski definition) is 0. The van der Waals surface area contributed by atoms with Crippen LogP contribution in [0.5, 0.6) is 0 Å². The fraction of sp³-hybridized carbons (Fsp3) is 0.0556. The lowest BCUT2D eigenvalue weighted by Gasteiger charge is -2.16. The third-order valence-electron chi connectivity index (χ3n) is 3.50. The van der Waals surface area contributed by atoms with Gasteiger partial charge in [-0.3, -0.25) is 14.8 Å². The maximum absolute atomic E-state index is 12.4. The largest absolute Gasteiger partial charge is 0.294 e. The maximum Gasteiger partial charge on any atom is 0.167 e. The summed E-state index contributed by atoms with van der Waals surface area (Å²) in [5.41, 5.74) is 2.66. The first-order valence-electron chi connectivity index (χ1n) is 6.71. The summed E-state index contributed by atoms with van der Waals surface area (Å²) < 4.78 is 0. The summed E-state index contributed by atoms with van der Waals surface area (Å²) in [6.07, 6.45) is 6.52. The molecule has 1 unspecified atom stereocenters. The summed E-state index contributed by atoms with van der Waals surface area (Å²) in [4.78, 5) is 20.9. The first-order chi connectivity index (χ1) is 10.3. The Hall–Kier alpha value is -2.81. The van der Waals surface area contributed by atoms with Gasteiger partial charge in [0.2, 0.25) is 0 Å². The van der Waals surface area contributed by atoms with Crippen LogP contribution in [0.2, 0.25) is 0 Å². The predicted octanol–water partition coefficient (Wildman–Crippen LogP) is 3.52. The molecule has 0 amide bonds. The van der Waals surface area contributed by atoms with Gasteiger partial charge in [-0.2, -0.15) is 0 Å². The molecule has 102 valence electrons. The van der Waals surface area contributed by atoms with E-state index >= 15 is 0 Å². The van der Waals surface area contributed by atoms with Crippen molar-refractivity contribution in [2.45, 2.75) is 5.92 Å². The molecule has 0 fully saturated rings. The average molecular weight is 274 g/mol. The smallest absolute Gasteiger partial charge is 0.167 e. The monoisotopic (exact) mass is 274 g/mol. The van der Waals surface area contributed by atoms with E-state index in [1.807, 2.05) is 42.5 Å². The second kappa shape index (κ2) is 5.67. The summed E-state index contributed by atoms with van der Waals surface area (Å²) in [6.45, 7) is 3.63. The molecule has 0 saturated carbocycles. The number of para-hydroxylation sites is 1. The molecule has 1 aromatic carbocycles. The van der Waals surface area contributed by atoms with Gasteiger partial charge < -0.3 is 0 Å². The maximum atomic E-state index is 12.4. The van der Waals surface area contributed by atoms with Crippen molar-refractivity contribution in [3.8, 4) is 0 Å². The van der Waals surface area contributed by atoms with Gasteiger partial charge in [-0.15, -0.1) is 0 Å². The Morgan fingerprint density at radius 2 is 1.95 bits per heavy atom. The zero-order valence-corrected chi connectivity index (χ0v) is 11.4. The van der Waals surface area contributed by atoms with Crippen molar-refractivity contribution in [2.24, 2.45) is 0 Å². The molecule has 3 aromatic rings. The van der Waals surface area contributed by atoms with E-state index in [1.165, 1.54) is 6.08 Å². The second-order valence-corrected chi connectivity index (χ2v) is 4.74. The highest BCUT2D eigenvalue weighted by Crippen LogP contribution is 2.30. The minimum Gasteiger partial charge on any atom is -0.294 e. The van der Waals surface area contributed by atoms with Crippen LogP contribution in [0.15, 0.2) is 73.7 Å². The highest BCUT2D eigenvalue weighted by molar-refractivity contribution is 6.00. The van der Waals surface area contributed by atoms with Crippen LogP contribution in [0.3, 0.4) is 0 Å². The Morgan fingerprint density at radius 3 is 2.71 bits per heavy atom. The molecule has 21 heavy (non-hydrogen) atoms. The van der Waals surface area contributed by atoms with Crippen molar-refractivity contribution >= 4 is 16.7 Å². The Bertz CT molecular complexity index is 791. The molecule has 1 atom stereocenters. The first kappa shape index (κ1) is 13.2.